The van der Waals surface area contributed by atoms with Gasteiger partial charge in [-0.2, -0.15) is 0 Å². The van der Waals surface area contributed by atoms with Gasteiger partial charge in [-0.25, -0.2) is 4.31 Å². The third-order valence-corrected chi connectivity index (χ3v) is 6.49. The Morgan fingerprint density at radius 1 is 1.25 bits per heavy atom. The lowest BCUT2D eigenvalue weighted by Gasteiger charge is -2.56. The standard InChI is InChI=1S/C19H29NO3S/c1-4-17(21-3)18(5-2)23-16-8-6-7-15(11-16)12-24-20-10-9-19(20)13-22-14-19/h6-8,11,17-18H,4-5,9-10,12-14H2,1-3H3. The number of rotatable bonds is 9. The minimum atomic E-state index is 0.105. The predicted octanol–water partition coefficient (Wildman–Crippen LogP) is 3.89. The fourth-order valence-corrected chi connectivity index (χ4v) is 4.56. The van der Waals surface area contributed by atoms with Gasteiger partial charge in [-0.3, -0.25) is 0 Å². The van der Waals surface area contributed by atoms with E-state index in [2.05, 4.69) is 36.4 Å². The summed E-state index contributed by atoms with van der Waals surface area (Å²) in [6, 6.07) is 8.48. The molecule has 0 aliphatic carbocycles. The van der Waals surface area contributed by atoms with Crippen LogP contribution in [0.5, 0.6) is 5.75 Å². The van der Waals surface area contributed by atoms with Crippen LogP contribution in [0.15, 0.2) is 24.3 Å². The molecule has 5 heteroatoms. The maximum Gasteiger partial charge on any atom is 0.124 e. The van der Waals surface area contributed by atoms with Gasteiger partial charge in [0, 0.05) is 19.4 Å². The van der Waals surface area contributed by atoms with Gasteiger partial charge in [0.05, 0.1) is 24.9 Å². The highest BCUT2D eigenvalue weighted by Crippen LogP contribution is 2.43. The SMILES string of the molecule is CCC(OC)C(CC)Oc1cccc(CSN2CCC23COC3)c1. The second-order valence-electron chi connectivity index (χ2n) is 6.74. The Labute approximate surface area is 150 Å². The van der Waals surface area contributed by atoms with Crippen molar-refractivity contribution in [1.29, 1.82) is 0 Å². The molecule has 0 saturated carbocycles. The number of methoxy groups -OCH3 is 1. The van der Waals surface area contributed by atoms with Gasteiger partial charge in [-0.05, 0) is 37.0 Å². The summed E-state index contributed by atoms with van der Waals surface area (Å²) >= 11 is 1.92. The summed E-state index contributed by atoms with van der Waals surface area (Å²) in [6.07, 6.45) is 3.43. The third kappa shape index (κ3) is 3.74. The van der Waals surface area contributed by atoms with E-state index in [1.165, 1.54) is 18.5 Å². The Balaban J connectivity index is 1.55. The largest absolute Gasteiger partial charge is 0.488 e. The zero-order chi connectivity index (χ0) is 17.0. The summed E-state index contributed by atoms with van der Waals surface area (Å²) < 4.78 is 19.6. The molecule has 1 spiro atoms. The van der Waals surface area contributed by atoms with Crippen molar-refractivity contribution in [2.45, 2.75) is 56.6 Å². The molecule has 2 atom stereocenters. The highest BCUT2D eigenvalue weighted by atomic mass is 32.2. The van der Waals surface area contributed by atoms with Crippen molar-refractivity contribution in [3.63, 3.8) is 0 Å². The molecule has 2 saturated heterocycles. The third-order valence-electron chi connectivity index (χ3n) is 5.15. The monoisotopic (exact) mass is 351 g/mol. The summed E-state index contributed by atoms with van der Waals surface area (Å²) in [7, 11) is 1.76. The summed E-state index contributed by atoms with van der Waals surface area (Å²) in [5, 5.41) is 0. The molecule has 1 aromatic rings. The highest BCUT2D eigenvalue weighted by molar-refractivity contribution is 7.96. The van der Waals surface area contributed by atoms with Crippen molar-refractivity contribution in [2.24, 2.45) is 0 Å². The van der Waals surface area contributed by atoms with E-state index in [9.17, 15) is 0 Å². The summed E-state index contributed by atoms with van der Waals surface area (Å²) in [6.45, 7) is 7.26. The average molecular weight is 352 g/mol. The molecule has 134 valence electrons. The van der Waals surface area contributed by atoms with Crippen molar-refractivity contribution in [3.8, 4) is 5.75 Å². The molecule has 0 N–H and O–H groups in total. The normalized spacial score (nSPS) is 21.8. The fourth-order valence-electron chi connectivity index (χ4n) is 3.39. The van der Waals surface area contributed by atoms with E-state index in [1.54, 1.807) is 7.11 Å². The molecule has 24 heavy (non-hydrogen) atoms. The van der Waals surface area contributed by atoms with E-state index in [-0.39, 0.29) is 12.2 Å². The van der Waals surface area contributed by atoms with Gasteiger partial charge >= 0.3 is 0 Å². The van der Waals surface area contributed by atoms with Crippen molar-refractivity contribution in [3.05, 3.63) is 29.8 Å². The first-order chi connectivity index (χ1) is 11.7. The van der Waals surface area contributed by atoms with E-state index in [4.69, 9.17) is 14.2 Å². The lowest BCUT2D eigenvalue weighted by molar-refractivity contribution is -0.152. The molecule has 4 nitrogen and oxygen atoms in total. The molecule has 0 amide bonds. The van der Waals surface area contributed by atoms with Crippen LogP contribution in [-0.4, -0.2) is 48.9 Å². The van der Waals surface area contributed by atoms with Crippen LogP contribution in [-0.2, 0) is 15.2 Å². The molecule has 2 unspecified atom stereocenters. The molecule has 0 radical (unpaired) electrons. The molecule has 1 aromatic carbocycles. The Kier molecular flexibility index (Phi) is 6.08. The van der Waals surface area contributed by atoms with Gasteiger partial charge in [0.2, 0.25) is 0 Å². The summed E-state index contributed by atoms with van der Waals surface area (Å²) in [5.41, 5.74) is 1.65. The van der Waals surface area contributed by atoms with E-state index < -0.39 is 0 Å². The molecular weight excluding hydrogens is 322 g/mol. The van der Waals surface area contributed by atoms with Crippen LogP contribution >= 0.6 is 11.9 Å². The first-order valence-electron chi connectivity index (χ1n) is 8.97. The summed E-state index contributed by atoms with van der Waals surface area (Å²) in [5.74, 6) is 1.93. The van der Waals surface area contributed by atoms with E-state index in [0.717, 1.165) is 37.6 Å². The Morgan fingerprint density at radius 2 is 2.04 bits per heavy atom. The molecule has 3 rings (SSSR count). The maximum atomic E-state index is 6.20. The van der Waals surface area contributed by atoms with Gasteiger partial charge in [0.15, 0.2) is 0 Å². The zero-order valence-corrected chi connectivity index (χ0v) is 15.8. The molecule has 2 aliphatic rings. The molecule has 0 bridgehead atoms. The minimum absolute atomic E-state index is 0.105. The minimum Gasteiger partial charge on any atom is -0.488 e. The van der Waals surface area contributed by atoms with Crippen LogP contribution in [0.2, 0.25) is 0 Å². The molecule has 2 fully saturated rings. The van der Waals surface area contributed by atoms with E-state index >= 15 is 0 Å². The Hall–Kier alpha value is -0.750. The van der Waals surface area contributed by atoms with Gasteiger partial charge in [0.25, 0.3) is 0 Å². The molecule has 2 aliphatic heterocycles. The summed E-state index contributed by atoms with van der Waals surface area (Å²) in [4.78, 5) is 0. The average Bonchev–Trinajstić information content (AvgIpc) is 2.53. The maximum absolute atomic E-state index is 6.20. The van der Waals surface area contributed by atoms with Crippen LogP contribution in [0, 0.1) is 0 Å². The van der Waals surface area contributed by atoms with Crippen LogP contribution < -0.4 is 4.74 Å². The van der Waals surface area contributed by atoms with Crippen LogP contribution in [0.3, 0.4) is 0 Å². The zero-order valence-electron chi connectivity index (χ0n) is 15.0. The first-order valence-corrected chi connectivity index (χ1v) is 9.91. The van der Waals surface area contributed by atoms with Crippen LogP contribution in [0.4, 0.5) is 0 Å². The topological polar surface area (TPSA) is 30.9 Å². The molecule has 0 aromatic heterocycles. The van der Waals surface area contributed by atoms with Gasteiger partial charge in [0.1, 0.15) is 11.9 Å². The number of hydrogen-bond acceptors (Lipinski definition) is 5. The van der Waals surface area contributed by atoms with Gasteiger partial charge in [-0.15, -0.1) is 0 Å². The second-order valence-corrected chi connectivity index (χ2v) is 7.72. The molecular formula is C19H29NO3S. The van der Waals surface area contributed by atoms with Crippen LogP contribution in [0.1, 0.15) is 38.7 Å². The number of nitrogens with zero attached hydrogens (tertiary/aromatic N) is 1. The Morgan fingerprint density at radius 3 is 2.58 bits per heavy atom. The highest BCUT2D eigenvalue weighted by Gasteiger charge is 2.51. The number of ether oxygens (including phenoxy) is 3. The smallest absolute Gasteiger partial charge is 0.124 e. The van der Waals surface area contributed by atoms with Crippen molar-refractivity contribution in [2.75, 3.05) is 26.9 Å². The lowest BCUT2D eigenvalue weighted by Crippen LogP contribution is -2.68. The second kappa shape index (κ2) is 8.09. The number of benzene rings is 1. The molecule has 2 heterocycles. The quantitative estimate of drug-likeness (QED) is 0.630. The number of hydrogen-bond donors (Lipinski definition) is 0. The Bertz CT molecular complexity index is 526. The van der Waals surface area contributed by atoms with E-state index in [0.29, 0.717) is 5.54 Å². The van der Waals surface area contributed by atoms with Gasteiger partial charge < -0.3 is 14.2 Å². The first kappa shape index (κ1) is 18.1. The van der Waals surface area contributed by atoms with Crippen molar-refractivity contribution < 1.29 is 14.2 Å². The lowest BCUT2D eigenvalue weighted by atomic mass is 9.86. The predicted molar refractivity (Wildman–Crippen MR) is 98.4 cm³/mol. The van der Waals surface area contributed by atoms with Crippen molar-refractivity contribution in [1.82, 2.24) is 4.31 Å². The van der Waals surface area contributed by atoms with Crippen molar-refractivity contribution >= 4 is 11.9 Å². The fraction of sp³-hybridized carbons (Fsp3) is 0.684. The van der Waals surface area contributed by atoms with Gasteiger partial charge in [-0.1, -0.05) is 37.9 Å². The van der Waals surface area contributed by atoms with E-state index in [1.807, 2.05) is 18.0 Å². The van der Waals surface area contributed by atoms with Crippen LogP contribution in [0.25, 0.3) is 0 Å².